The van der Waals surface area contributed by atoms with Crippen LogP contribution in [0.5, 0.6) is 0 Å². The van der Waals surface area contributed by atoms with Crippen LogP contribution in [0.15, 0.2) is 36.4 Å². The summed E-state index contributed by atoms with van der Waals surface area (Å²) in [4.78, 5) is 7.42. The molecule has 0 aliphatic heterocycles. The lowest BCUT2D eigenvalue weighted by atomic mass is 10.3. The molecular formula is C15H18F2N4O. The van der Waals surface area contributed by atoms with Gasteiger partial charge in [-0.25, -0.2) is 9.97 Å². The van der Waals surface area contributed by atoms with Gasteiger partial charge in [-0.2, -0.15) is 8.78 Å². The largest absolute Gasteiger partial charge is 0.390 e. The molecule has 2 aromatic rings. The monoisotopic (exact) mass is 308 g/mol. The molecule has 0 amide bonds. The average Bonchev–Trinajstić information content (AvgIpc) is 2.47. The second-order valence-electron chi connectivity index (χ2n) is 4.82. The number of rotatable bonds is 8. The lowest BCUT2D eigenvalue weighted by Gasteiger charge is -2.12. The van der Waals surface area contributed by atoms with Gasteiger partial charge in [-0.1, -0.05) is 12.1 Å². The minimum Gasteiger partial charge on any atom is -0.390 e. The first-order valence-electron chi connectivity index (χ1n) is 6.96. The van der Waals surface area contributed by atoms with E-state index < -0.39 is 18.0 Å². The fourth-order valence-electron chi connectivity index (χ4n) is 1.90. The Labute approximate surface area is 127 Å². The first-order chi connectivity index (χ1) is 10.6. The molecule has 5 nitrogen and oxygen atoms in total. The van der Waals surface area contributed by atoms with Gasteiger partial charge in [0, 0.05) is 26.2 Å². The van der Waals surface area contributed by atoms with Crippen LogP contribution in [0, 0.1) is 11.9 Å². The quantitative estimate of drug-likeness (QED) is 0.635. The van der Waals surface area contributed by atoms with Crippen molar-refractivity contribution in [2.24, 2.45) is 0 Å². The van der Waals surface area contributed by atoms with E-state index in [9.17, 15) is 13.9 Å². The molecule has 0 aliphatic carbocycles. The summed E-state index contributed by atoms with van der Waals surface area (Å²) in [6, 6.07) is 9.14. The number of aliphatic hydroxyl groups is 1. The molecule has 118 valence electrons. The number of pyridine rings is 2. The molecule has 0 unspecified atom stereocenters. The minimum absolute atomic E-state index is 0.335. The molecule has 0 aromatic carbocycles. The van der Waals surface area contributed by atoms with E-state index >= 15 is 0 Å². The fraction of sp³-hybridized carbons (Fsp3) is 0.333. The number of hydrogen-bond donors (Lipinski definition) is 3. The van der Waals surface area contributed by atoms with Gasteiger partial charge in [0.15, 0.2) is 0 Å². The van der Waals surface area contributed by atoms with Crippen molar-refractivity contribution in [3.8, 4) is 0 Å². The van der Waals surface area contributed by atoms with Crippen molar-refractivity contribution in [2.45, 2.75) is 19.2 Å². The molecule has 0 aliphatic rings. The third-order valence-electron chi connectivity index (χ3n) is 2.92. The zero-order valence-electron chi connectivity index (χ0n) is 12.0. The first-order valence-corrected chi connectivity index (χ1v) is 6.96. The van der Waals surface area contributed by atoms with Crippen LogP contribution in [0.2, 0.25) is 0 Å². The molecule has 3 N–H and O–H groups in total. The molecule has 2 heterocycles. The number of nitrogens with one attached hydrogen (secondary N) is 2. The van der Waals surface area contributed by atoms with Crippen molar-refractivity contribution in [1.82, 2.24) is 20.6 Å². The molecule has 0 saturated heterocycles. The summed E-state index contributed by atoms with van der Waals surface area (Å²) in [6.07, 6.45) is -0.623. The topological polar surface area (TPSA) is 70.1 Å². The Morgan fingerprint density at radius 1 is 0.864 bits per heavy atom. The summed E-state index contributed by atoms with van der Waals surface area (Å²) in [6.45, 7) is 1.42. The average molecular weight is 308 g/mol. The number of aliphatic hydroxyl groups excluding tert-OH is 1. The van der Waals surface area contributed by atoms with E-state index in [2.05, 4.69) is 20.6 Å². The Hall–Kier alpha value is -1.96. The standard InChI is InChI=1S/C15H18F2N4O/c16-14-5-1-3-11(20-14)7-18-9-13(22)10-19-8-12-4-2-6-15(17)21-12/h1-6,13,18-19,22H,7-10H2. The molecule has 0 radical (unpaired) electrons. The van der Waals surface area contributed by atoms with E-state index in [1.165, 1.54) is 12.1 Å². The minimum atomic E-state index is -0.623. The van der Waals surface area contributed by atoms with Gasteiger partial charge in [-0.15, -0.1) is 0 Å². The van der Waals surface area contributed by atoms with Crippen LogP contribution in [-0.2, 0) is 13.1 Å². The van der Waals surface area contributed by atoms with E-state index in [-0.39, 0.29) is 0 Å². The number of aromatic nitrogens is 2. The molecule has 0 atom stereocenters. The summed E-state index contributed by atoms with van der Waals surface area (Å²) in [5, 5.41) is 15.8. The third-order valence-corrected chi connectivity index (χ3v) is 2.92. The molecule has 22 heavy (non-hydrogen) atoms. The SMILES string of the molecule is OC(CNCc1cccc(F)n1)CNCc1cccc(F)n1. The Morgan fingerprint density at radius 2 is 1.32 bits per heavy atom. The molecule has 7 heteroatoms. The van der Waals surface area contributed by atoms with E-state index in [0.717, 1.165) is 0 Å². The molecular weight excluding hydrogens is 290 g/mol. The predicted octanol–water partition coefficient (Wildman–Crippen LogP) is 0.995. The zero-order chi connectivity index (χ0) is 15.8. The van der Waals surface area contributed by atoms with E-state index in [0.29, 0.717) is 37.6 Å². The highest BCUT2D eigenvalue weighted by atomic mass is 19.1. The highest BCUT2D eigenvalue weighted by Crippen LogP contribution is 1.98. The number of halogens is 2. The first kappa shape index (κ1) is 16.4. The second kappa shape index (κ2) is 8.47. The van der Waals surface area contributed by atoms with Crippen LogP contribution in [0.25, 0.3) is 0 Å². The summed E-state index contributed by atoms with van der Waals surface area (Å²) in [5.74, 6) is -1.05. The van der Waals surface area contributed by atoms with Crippen molar-refractivity contribution in [3.63, 3.8) is 0 Å². The van der Waals surface area contributed by atoms with Crippen molar-refractivity contribution in [2.75, 3.05) is 13.1 Å². The summed E-state index contributed by atoms with van der Waals surface area (Å²) < 4.78 is 25.8. The highest BCUT2D eigenvalue weighted by Gasteiger charge is 2.05. The number of nitrogens with zero attached hydrogens (tertiary/aromatic N) is 2. The van der Waals surface area contributed by atoms with Crippen molar-refractivity contribution < 1.29 is 13.9 Å². The van der Waals surface area contributed by atoms with E-state index in [1.54, 1.807) is 24.3 Å². The van der Waals surface area contributed by atoms with Crippen LogP contribution in [0.4, 0.5) is 8.78 Å². The maximum absolute atomic E-state index is 12.9. The van der Waals surface area contributed by atoms with Crippen molar-refractivity contribution in [1.29, 1.82) is 0 Å². The summed E-state index contributed by atoms with van der Waals surface area (Å²) >= 11 is 0. The molecule has 0 spiro atoms. The Kier molecular flexibility index (Phi) is 6.32. The van der Waals surface area contributed by atoms with Crippen LogP contribution in [-0.4, -0.2) is 34.3 Å². The van der Waals surface area contributed by atoms with Crippen molar-refractivity contribution >= 4 is 0 Å². The summed E-state index contributed by atoms with van der Waals surface area (Å²) in [7, 11) is 0. The van der Waals surface area contributed by atoms with Crippen LogP contribution < -0.4 is 10.6 Å². The van der Waals surface area contributed by atoms with E-state index in [1.807, 2.05) is 0 Å². The Balaban J connectivity index is 1.62. The normalized spacial score (nSPS) is 11.1. The summed E-state index contributed by atoms with van der Waals surface area (Å²) in [5.41, 5.74) is 1.15. The lowest BCUT2D eigenvalue weighted by molar-refractivity contribution is 0.167. The third kappa shape index (κ3) is 5.80. The van der Waals surface area contributed by atoms with Gasteiger partial charge in [0.05, 0.1) is 17.5 Å². The Bertz CT molecular complexity index is 546. The van der Waals surface area contributed by atoms with Crippen LogP contribution >= 0.6 is 0 Å². The number of hydrogen-bond acceptors (Lipinski definition) is 5. The van der Waals surface area contributed by atoms with Crippen LogP contribution in [0.1, 0.15) is 11.4 Å². The molecule has 0 bridgehead atoms. The fourth-order valence-corrected chi connectivity index (χ4v) is 1.90. The molecule has 2 rings (SSSR count). The maximum atomic E-state index is 12.9. The zero-order valence-corrected chi connectivity index (χ0v) is 12.0. The van der Waals surface area contributed by atoms with Gasteiger partial charge < -0.3 is 15.7 Å². The molecule has 0 fully saturated rings. The Morgan fingerprint density at radius 3 is 1.73 bits per heavy atom. The van der Waals surface area contributed by atoms with Crippen molar-refractivity contribution in [3.05, 3.63) is 59.7 Å². The second-order valence-corrected chi connectivity index (χ2v) is 4.82. The van der Waals surface area contributed by atoms with Gasteiger partial charge >= 0.3 is 0 Å². The highest BCUT2D eigenvalue weighted by molar-refractivity contribution is 5.05. The predicted molar refractivity (Wildman–Crippen MR) is 77.8 cm³/mol. The van der Waals surface area contributed by atoms with Gasteiger partial charge in [0.25, 0.3) is 0 Å². The van der Waals surface area contributed by atoms with Gasteiger partial charge in [0.2, 0.25) is 11.9 Å². The van der Waals surface area contributed by atoms with Gasteiger partial charge in [-0.05, 0) is 24.3 Å². The van der Waals surface area contributed by atoms with E-state index in [4.69, 9.17) is 0 Å². The molecule has 2 aromatic heterocycles. The smallest absolute Gasteiger partial charge is 0.213 e. The van der Waals surface area contributed by atoms with Crippen LogP contribution in [0.3, 0.4) is 0 Å². The molecule has 0 saturated carbocycles. The van der Waals surface area contributed by atoms with Gasteiger partial charge in [0.1, 0.15) is 0 Å². The maximum Gasteiger partial charge on any atom is 0.213 e. The van der Waals surface area contributed by atoms with Gasteiger partial charge in [-0.3, -0.25) is 0 Å². The lowest BCUT2D eigenvalue weighted by Crippen LogP contribution is -2.35.